The van der Waals surface area contributed by atoms with Crippen LogP contribution in [0.1, 0.15) is 12.5 Å². The first-order valence-corrected chi connectivity index (χ1v) is 8.28. The first-order valence-electron chi connectivity index (χ1n) is 8.28. The number of nitrogens with zero attached hydrogens (tertiary/aromatic N) is 5. The van der Waals surface area contributed by atoms with Crippen LogP contribution in [0.5, 0.6) is 0 Å². The van der Waals surface area contributed by atoms with Gasteiger partial charge >= 0.3 is 0 Å². The molecule has 0 aliphatic carbocycles. The lowest BCUT2D eigenvalue weighted by Crippen LogP contribution is -2.44. The fraction of sp³-hybridized carbons (Fsp3) is 0.750. The number of nitrogens with one attached hydrogen (secondary N) is 1. The van der Waals surface area contributed by atoms with E-state index >= 15 is 0 Å². The van der Waals surface area contributed by atoms with Gasteiger partial charge in [-0.3, -0.25) is 14.6 Å². The fourth-order valence-electron chi connectivity index (χ4n) is 2.84. The molecule has 1 aliphatic rings. The third-order valence-corrected chi connectivity index (χ3v) is 4.03. The highest BCUT2D eigenvalue weighted by molar-refractivity contribution is 14.0. The Labute approximate surface area is 162 Å². The average molecular weight is 450 g/mol. The Morgan fingerprint density at radius 2 is 2.17 bits per heavy atom. The van der Waals surface area contributed by atoms with Crippen molar-refractivity contribution in [3.8, 4) is 0 Å². The predicted molar refractivity (Wildman–Crippen MR) is 108 cm³/mol. The van der Waals surface area contributed by atoms with Crippen molar-refractivity contribution in [1.82, 2.24) is 24.9 Å². The molecule has 0 bridgehead atoms. The van der Waals surface area contributed by atoms with Crippen molar-refractivity contribution < 1.29 is 4.74 Å². The molecule has 1 atom stereocenters. The molecule has 0 spiro atoms. The van der Waals surface area contributed by atoms with Crippen LogP contribution in [0.15, 0.2) is 17.4 Å². The molecule has 138 valence electrons. The second-order valence-corrected chi connectivity index (χ2v) is 6.32. The highest BCUT2D eigenvalue weighted by Gasteiger charge is 2.15. The molecule has 1 aromatic heterocycles. The summed E-state index contributed by atoms with van der Waals surface area (Å²) in [6, 6.07) is 0. The summed E-state index contributed by atoms with van der Waals surface area (Å²) < 4.78 is 7.22. The van der Waals surface area contributed by atoms with Gasteiger partial charge in [-0.05, 0) is 5.92 Å². The van der Waals surface area contributed by atoms with Crippen molar-refractivity contribution in [2.24, 2.45) is 18.0 Å². The second-order valence-electron chi connectivity index (χ2n) is 6.32. The van der Waals surface area contributed by atoms with Crippen molar-refractivity contribution in [2.75, 3.05) is 53.5 Å². The Kier molecular flexibility index (Phi) is 9.60. The fourth-order valence-corrected chi connectivity index (χ4v) is 2.84. The highest BCUT2D eigenvalue weighted by Crippen LogP contribution is 2.04. The van der Waals surface area contributed by atoms with E-state index < -0.39 is 0 Å². The van der Waals surface area contributed by atoms with Gasteiger partial charge in [-0.1, -0.05) is 6.92 Å². The number of rotatable bonds is 6. The zero-order valence-electron chi connectivity index (χ0n) is 15.2. The van der Waals surface area contributed by atoms with Crippen molar-refractivity contribution in [1.29, 1.82) is 0 Å². The number of morpholine rings is 1. The molecule has 1 saturated heterocycles. The first-order chi connectivity index (χ1) is 11.1. The molecule has 24 heavy (non-hydrogen) atoms. The summed E-state index contributed by atoms with van der Waals surface area (Å²) in [4.78, 5) is 8.97. The van der Waals surface area contributed by atoms with E-state index in [4.69, 9.17) is 4.74 Å². The monoisotopic (exact) mass is 450 g/mol. The molecule has 0 saturated carbocycles. The van der Waals surface area contributed by atoms with Gasteiger partial charge in [0.1, 0.15) is 0 Å². The number of hydrogen-bond donors (Lipinski definition) is 1. The molecule has 2 heterocycles. The van der Waals surface area contributed by atoms with Crippen LogP contribution in [-0.4, -0.2) is 79.0 Å². The molecule has 1 N–H and O–H groups in total. The molecule has 8 heteroatoms. The Morgan fingerprint density at radius 1 is 1.46 bits per heavy atom. The minimum atomic E-state index is 0. The van der Waals surface area contributed by atoms with Crippen LogP contribution in [0.25, 0.3) is 0 Å². The summed E-state index contributed by atoms with van der Waals surface area (Å²) in [5, 5.41) is 7.68. The van der Waals surface area contributed by atoms with Crippen LogP contribution in [0.2, 0.25) is 0 Å². The summed E-state index contributed by atoms with van der Waals surface area (Å²) >= 11 is 0. The molecule has 1 fully saturated rings. The topological polar surface area (TPSA) is 57.9 Å². The van der Waals surface area contributed by atoms with E-state index in [0.717, 1.165) is 51.9 Å². The van der Waals surface area contributed by atoms with Crippen LogP contribution < -0.4 is 5.32 Å². The van der Waals surface area contributed by atoms with E-state index in [0.29, 0.717) is 5.92 Å². The molecule has 1 aliphatic heterocycles. The summed E-state index contributed by atoms with van der Waals surface area (Å²) in [6.07, 6.45) is 3.93. The second kappa shape index (κ2) is 10.9. The third-order valence-electron chi connectivity index (χ3n) is 4.03. The smallest absolute Gasteiger partial charge is 0.193 e. The van der Waals surface area contributed by atoms with Gasteiger partial charge in [-0.25, -0.2) is 0 Å². The maximum absolute atomic E-state index is 5.40. The summed E-state index contributed by atoms with van der Waals surface area (Å²) in [5.74, 6) is 1.49. The Hall–Kier alpha value is -0.870. The van der Waals surface area contributed by atoms with Crippen LogP contribution in [-0.2, 0) is 18.3 Å². The number of aromatic nitrogens is 2. The van der Waals surface area contributed by atoms with Crippen LogP contribution in [0.4, 0.5) is 0 Å². The van der Waals surface area contributed by atoms with Gasteiger partial charge in [0.25, 0.3) is 0 Å². The maximum Gasteiger partial charge on any atom is 0.193 e. The largest absolute Gasteiger partial charge is 0.379 e. The van der Waals surface area contributed by atoms with E-state index in [-0.39, 0.29) is 24.0 Å². The zero-order chi connectivity index (χ0) is 16.7. The summed E-state index contributed by atoms with van der Waals surface area (Å²) in [7, 11) is 5.81. The Morgan fingerprint density at radius 3 is 2.75 bits per heavy atom. The summed E-state index contributed by atoms with van der Waals surface area (Å²) in [5.41, 5.74) is 1.18. The quantitative estimate of drug-likeness (QED) is 0.399. The lowest BCUT2D eigenvalue weighted by molar-refractivity contribution is 0.0320. The van der Waals surface area contributed by atoms with Crippen LogP contribution >= 0.6 is 24.0 Å². The third kappa shape index (κ3) is 6.94. The molecule has 2 rings (SSSR count). The molecule has 0 amide bonds. The van der Waals surface area contributed by atoms with Gasteiger partial charge in [0.05, 0.1) is 19.4 Å². The number of aryl methyl sites for hydroxylation is 1. The number of halogens is 1. The lowest BCUT2D eigenvalue weighted by atomic mass is 10.1. The van der Waals surface area contributed by atoms with E-state index in [9.17, 15) is 0 Å². The molecule has 0 radical (unpaired) electrons. The lowest BCUT2D eigenvalue weighted by Gasteiger charge is -2.30. The SMILES string of the molecule is CN=C(NCC(C)CN1CCOCC1)N(C)Cc1cnn(C)c1.I. The minimum Gasteiger partial charge on any atom is -0.379 e. The van der Waals surface area contributed by atoms with Crippen molar-refractivity contribution in [3.63, 3.8) is 0 Å². The molecule has 1 unspecified atom stereocenters. The number of hydrogen-bond acceptors (Lipinski definition) is 4. The maximum atomic E-state index is 5.40. The van der Waals surface area contributed by atoms with Crippen molar-refractivity contribution >= 4 is 29.9 Å². The Balaban J connectivity index is 0.00000288. The molecular formula is C16H31IN6O. The van der Waals surface area contributed by atoms with Crippen LogP contribution in [0, 0.1) is 5.92 Å². The number of aliphatic imine (C=N–C) groups is 1. The van der Waals surface area contributed by atoms with E-state index in [1.165, 1.54) is 5.56 Å². The van der Waals surface area contributed by atoms with Gasteiger partial charge < -0.3 is 15.0 Å². The normalized spacial score (nSPS) is 17.2. The molecule has 1 aromatic rings. The molecular weight excluding hydrogens is 419 g/mol. The van der Waals surface area contributed by atoms with E-state index in [2.05, 4.69) is 39.2 Å². The van der Waals surface area contributed by atoms with E-state index in [1.807, 2.05) is 31.2 Å². The van der Waals surface area contributed by atoms with Gasteiger partial charge in [-0.2, -0.15) is 5.10 Å². The van der Waals surface area contributed by atoms with Gasteiger partial charge in [0.15, 0.2) is 5.96 Å². The first kappa shape index (κ1) is 21.2. The number of ether oxygens (including phenoxy) is 1. The van der Waals surface area contributed by atoms with Gasteiger partial charge in [-0.15, -0.1) is 24.0 Å². The zero-order valence-corrected chi connectivity index (χ0v) is 17.6. The predicted octanol–water partition coefficient (Wildman–Crippen LogP) is 1.01. The van der Waals surface area contributed by atoms with Gasteiger partial charge in [0, 0.05) is 65.6 Å². The highest BCUT2D eigenvalue weighted by atomic mass is 127. The average Bonchev–Trinajstić information content (AvgIpc) is 2.94. The van der Waals surface area contributed by atoms with Crippen LogP contribution in [0.3, 0.4) is 0 Å². The van der Waals surface area contributed by atoms with E-state index in [1.54, 1.807) is 0 Å². The van der Waals surface area contributed by atoms with Crippen molar-refractivity contribution in [3.05, 3.63) is 18.0 Å². The van der Waals surface area contributed by atoms with Crippen molar-refractivity contribution in [2.45, 2.75) is 13.5 Å². The standard InChI is InChI=1S/C16H30N6O.HI/c1-14(11-22-5-7-23-8-6-22)9-18-16(17-2)20(3)12-15-10-19-21(4)13-15;/h10,13-14H,5-9,11-12H2,1-4H3,(H,17,18);1H. The Bertz CT molecular complexity index is 501. The number of guanidine groups is 1. The van der Waals surface area contributed by atoms with Gasteiger partial charge in [0.2, 0.25) is 0 Å². The molecule has 0 aromatic carbocycles. The minimum absolute atomic E-state index is 0. The molecule has 7 nitrogen and oxygen atoms in total. The summed E-state index contributed by atoms with van der Waals surface area (Å²) in [6.45, 7) is 8.88.